The van der Waals surface area contributed by atoms with Crippen LogP contribution in [0.2, 0.25) is 0 Å². The maximum atomic E-state index is 11.9. The van der Waals surface area contributed by atoms with Gasteiger partial charge < -0.3 is 20.5 Å². The van der Waals surface area contributed by atoms with Crippen LogP contribution in [0.4, 0.5) is 10.5 Å². The van der Waals surface area contributed by atoms with Gasteiger partial charge in [0, 0.05) is 5.69 Å². The highest BCUT2D eigenvalue weighted by Gasteiger charge is 2.24. The highest BCUT2D eigenvalue weighted by molar-refractivity contribution is 5.92. The minimum absolute atomic E-state index is 0.0907. The second-order valence-corrected chi connectivity index (χ2v) is 5.14. The van der Waals surface area contributed by atoms with Crippen molar-refractivity contribution in [3.63, 3.8) is 0 Å². The summed E-state index contributed by atoms with van der Waals surface area (Å²) in [6.07, 6.45) is -0.617. The van der Waals surface area contributed by atoms with E-state index in [1.807, 2.05) is 13.8 Å². The van der Waals surface area contributed by atoms with Crippen molar-refractivity contribution in [2.45, 2.75) is 32.9 Å². The van der Waals surface area contributed by atoms with Gasteiger partial charge in [0.15, 0.2) is 0 Å². The average Bonchev–Trinajstić information content (AvgIpc) is 2.43. The standard InChI is InChI=1S/C15H22N2O4/c1-9(2)13(14(19)21-4)17-15(20)16-12-7-5-6-11(8-12)10(3)18/h5-10,13,18H,1-4H3,(H2,16,17,20). The average molecular weight is 294 g/mol. The van der Waals surface area contributed by atoms with Crippen LogP contribution >= 0.6 is 0 Å². The van der Waals surface area contributed by atoms with Crippen molar-refractivity contribution in [3.8, 4) is 0 Å². The normalized spacial score (nSPS) is 13.4. The SMILES string of the molecule is COC(=O)C(NC(=O)Nc1cccc(C(C)O)c1)C(C)C. The summed E-state index contributed by atoms with van der Waals surface area (Å²) >= 11 is 0. The van der Waals surface area contributed by atoms with E-state index in [-0.39, 0.29) is 5.92 Å². The number of nitrogens with one attached hydrogen (secondary N) is 2. The number of aliphatic hydroxyl groups excluding tert-OH is 1. The van der Waals surface area contributed by atoms with Gasteiger partial charge in [-0.3, -0.25) is 0 Å². The van der Waals surface area contributed by atoms with Gasteiger partial charge in [-0.2, -0.15) is 0 Å². The molecule has 0 spiro atoms. The number of esters is 1. The molecule has 0 bridgehead atoms. The molecule has 2 atom stereocenters. The zero-order chi connectivity index (χ0) is 16.0. The predicted molar refractivity (Wildman–Crippen MR) is 79.9 cm³/mol. The van der Waals surface area contributed by atoms with Crippen molar-refractivity contribution in [2.75, 3.05) is 12.4 Å². The van der Waals surface area contributed by atoms with E-state index in [1.165, 1.54) is 7.11 Å². The maximum absolute atomic E-state index is 11.9. The van der Waals surface area contributed by atoms with Gasteiger partial charge in [0.25, 0.3) is 0 Å². The number of amides is 2. The van der Waals surface area contributed by atoms with Crippen LogP contribution in [0.1, 0.15) is 32.4 Å². The van der Waals surface area contributed by atoms with Crippen LogP contribution in [-0.2, 0) is 9.53 Å². The Kier molecular flexibility index (Phi) is 6.17. The molecular weight excluding hydrogens is 272 g/mol. The number of carbonyl (C=O) groups is 2. The Labute approximate surface area is 124 Å². The van der Waals surface area contributed by atoms with Gasteiger partial charge in [-0.05, 0) is 30.5 Å². The van der Waals surface area contributed by atoms with Gasteiger partial charge in [-0.25, -0.2) is 9.59 Å². The first kappa shape index (κ1) is 17.0. The molecule has 0 aromatic heterocycles. The van der Waals surface area contributed by atoms with Gasteiger partial charge in [-0.1, -0.05) is 26.0 Å². The van der Waals surface area contributed by atoms with Crippen molar-refractivity contribution in [1.29, 1.82) is 0 Å². The lowest BCUT2D eigenvalue weighted by atomic mass is 10.1. The molecule has 1 rings (SSSR count). The monoisotopic (exact) mass is 294 g/mol. The molecule has 0 fully saturated rings. The highest BCUT2D eigenvalue weighted by atomic mass is 16.5. The molecule has 116 valence electrons. The maximum Gasteiger partial charge on any atom is 0.328 e. The lowest BCUT2D eigenvalue weighted by Gasteiger charge is -2.20. The van der Waals surface area contributed by atoms with E-state index in [0.717, 1.165) is 0 Å². The van der Waals surface area contributed by atoms with E-state index < -0.39 is 24.1 Å². The second kappa shape index (κ2) is 7.64. The molecule has 0 saturated heterocycles. The molecule has 1 aromatic carbocycles. The Morgan fingerprint density at radius 3 is 2.43 bits per heavy atom. The van der Waals surface area contributed by atoms with Crippen LogP contribution < -0.4 is 10.6 Å². The predicted octanol–water partition coefficient (Wildman–Crippen LogP) is 2.06. The number of aliphatic hydroxyl groups is 1. The second-order valence-electron chi connectivity index (χ2n) is 5.14. The summed E-state index contributed by atoms with van der Waals surface area (Å²) < 4.78 is 4.66. The fourth-order valence-electron chi connectivity index (χ4n) is 1.81. The molecule has 6 heteroatoms. The summed E-state index contributed by atoms with van der Waals surface area (Å²) in [5.74, 6) is -0.579. The van der Waals surface area contributed by atoms with Gasteiger partial charge >= 0.3 is 12.0 Å². The molecular formula is C15H22N2O4. The smallest absolute Gasteiger partial charge is 0.328 e. The molecule has 0 radical (unpaired) electrons. The molecule has 2 unspecified atom stereocenters. The third-order valence-corrected chi connectivity index (χ3v) is 3.04. The molecule has 0 heterocycles. The summed E-state index contributed by atoms with van der Waals surface area (Å²) in [4.78, 5) is 23.5. The Hall–Kier alpha value is -2.08. The molecule has 0 aliphatic heterocycles. The van der Waals surface area contributed by atoms with Crippen molar-refractivity contribution >= 4 is 17.7 Å². The topological polar surface area (TPSA) is 87.7 Å². The number of urea groups is 1. The molecule has 0 aliphatic rings. The van der Waals surface area contributed by atoms with E-state index in [2.05, 4.69) is 15.4 Å². The van der Waals surface area contributed by atoms with Crippen LogP contribution in [0.5, 0.6) is 0 Å². The quantitative estimate of drug-likeness (QED) is 0.725. The van der Waals surface area contributed by atoms with E-state index in [0.29, 0.717) is 11.3 Å². The zero-order valence-corrected chi connectivity index (χ0v) is 12.7. The first-order valence-electron chi connectivity index (χ1n) is 6.78. The van der Waals surface area contributed by atoms with E-state index in [9.17, 15) is 14.7 Å². The minimum atomic E-state index is -0.713. The van der Waals surface area contributed by atoms with Crippen LogP contribution in [0.15, 0.2) is 24.3 Å². The fourth-order valence-corrected chi connectivity index (χ4v) is 1.81. The molecule has 21 heavy (non-hydrogen) atoms. The number of anilines is 1. The Balaban J connectivity index is 2.72. The molecule has 1 aromatic rings. The molecule has 6 nitrogen and oxygen atoms in total. The molecule has 0 aliphatic carbocycles. The first-order valence-corrected chi connectivity index (χ1v) is 6.78. The van der Waals surface area contributed by atoms with Crippen molar-refractivity contribution in [2.24, 2.45) is 5.92 Å². The molecule has 2 amide bonds. The minimum Gasteiger partial charge on any atom is -0.467 e. The third kappa shape index (κ3) is 5.07. The number of carbonyl (C=O) groups excluding carboxylic acids is 2. The van der Waals surface area contributed by atoms with Gasteiger partial charge in [0.2, 0.25) is 0 Å². The Morgan fingerprint density at radius 1 is 1.24 bits per heavy atom. The number of hydrogen-bond donors (Lipinski definition) is 3. The lowest BCUT2D eigenvalue weighted by Crippen LogP contribution is -2.46. The lowest BCUT2D eigenvalue weighted by molar-refractivity contribution is -0.143. The summed E-state index contributed by atoms with van der Waals surface area (Å²) in [6.45, 7) is 5.27. The summed E-state index contributed by atoms with van der Waals surface area (Å²) in [5.41, 5.74) is 1.24. The van der Waals surface area contributed by atoms with Crippen molar-refractivity contribution < 1.29 is 19.4 Å². The molecule has 3 N–H and O–H groups in total. The number of methoxy groups -OCH3 is 1. The largest absolute Gasteiger partial charge is 0.467 e. The zero-order valence-electron chi connectivity index (χ0n) is 12.7. The summed E-state index contributed by atoms with van der Waals surface area (Å²) in [5, 5.41) is 14.7. The van der Waals surface area contributed by atoms with Crippen molar-refractivity contribution in [1.82, 2.24) is 5.32 Å². The summed E-state index contributed by atoms with van der Waals surface area (Å²) in [7, 11) is 1.28. The van der Waals surface area contributed by atoms with Crippen LogP contribution in [0, 0.1) is 5.92 Å². The van der Waals surface area contributed by atoms with Crippen molar-refractivity contribution in [3.05, 3.63) is 29.8 Å². The summed E-state index contributed by atoms with van der Waals surface area (Å²) in [6, 6.07) is 5.66. The van der Waals surface area contributed by atoms with Crippen LogP contribution in [0.3, 0.4) is 0 Å². The van der Waals surface area contributed by atoms with Crippen LogP contribution in [0.25, 0.3) is 0 Å². The number of hydrogen-bond acceptors (Lipinski definition) is 4. The number of benzene rings is 1. The number of rotatable bonds is 5. The van der Waals surface area contributed by atoms with E-state index >= 15 is 0 Å². The van der Waals surface area contributed by atoms with E-state index in [1.54, 1.807) is 31.2 Å². The Morgan fingerprint density at radius 2 is 1.90 bits per heavy atom. The van der Waals surface area contributed by atoms with Gasteiger partial charge in [0.05, 0.1) is 13.2 Å². The van der Waals surface area contributed by atoms with Gasteiger partial charge in [-0.15, -0.1) is 0 Å². The highest BCUT2D eigenvalue weighted by Crippen LogP contribution is 2.17. The third-order valence-electron chi connectivity index (χ3n) is 3.04. The van der Waals surface area contributed by atoms with Crippen LogP contribution in [-0.4, -0.2) is 30.3 Å². The van der Waals surface area contributed by atoms with E-state index in [4.69, 9.17) is 0 Å². The fraction of sp³-hybridized carbons (Fsp3) is 0.467. The first-order chi connectivity index (χ1) is 9.85. The van der Waals surface area contributed by atoms with Gasteiger partial charge in [0.1, 0.15) is 6.04 Å². The molecule has 0 saturated carbocycles. The number of ether oxygens (including phenoxy) is 1. The Bertz CT molecular complexity index is 500.